The van der Waals surface area contributed by atoms with Crippen molar-refractivity contribution in [3.63, 3.8) is 0 Å². The van der Waals surface area contributed by atoms with E-state index in [1.807, 2.05) is 13.1 Å². The highest BCUT2D eigenvalue weighted by atomic mass is 16.6. The normalized spacial score (nSPS) is 16.7. The van der Waals surface area contributed by atoms with E-state index in [1.54, 1.807) is 6.33 Å². The van der Waals surface area contributed by atoms with Gasteiger partial charge in [0.25, 0.3) is 6.54 Å². The van der Waals surface area contributed by atoms with Crippen LogP contribution in [-0.2, 0) is 6.54 Å². The number of amidine groups is 1. The van der Waals surface area contributed by atoms with Crippen molar-refractivity contribution in [2.45, 2.75) is 58.0 Å². The molecule has 0 unspecified atom stereocenters. The van der Waals surface area contributed by atoms with Gasteiger partial charge >= 0.3 is 0 Å². The highest BCUT2D eigenvalue weighted by Crippen LogP contribution is 2.17. The van der Waals surface area contributed by atoms with Crippen molar-refractivity contribution in [2.75, 3.05) is 13.1 Å². The van der Waals surface area contributed by atoms with E-state index in [1.165, 1.54) is 19.3 Å². The van der Waals surface area contributed by atoms with Crippen LogP contribution in [0.25, 0.3) is 0 Å². The highest BCUT2D eigenvalue weighted by Gasteiger charge is 2.17. The standard InChI is InChI=1S/C15H25N5O2/c1-13-10-16-12-19(13)9-5-8-17-15(11-20(21)22)18-14-6-3-2-4-7-14/h10,12,14H,2-9,11H2,1H3,(H,17,18). The molecule has 22 heavy (non-hydrogen) atoms. The SMILES string of the molecule is Cc1cncn1CCCN=C(C[N+](=O)[O-])NC1CCCCC1. The van der Waals surface area contributed by atoms with E-state index >= 15 is 0 Å². The second-order valence-corrected chi connectivity index (χ2v) is 5.88. The third-order valence-electron chi connectivity index (χ3n) is 4.04. The van der Waals surface area contributed by atoms with Gasteiger partial charge in [-0.3, -0.25) is 15.1 Å². The van der Waals surface area contributed by atoms with Crippen molar-refractivity contribution in [3.05, 3.63) is 28.3 Å². The van der Waals surface area contributed by atoms with Crippen molar-refractivity contribution in [1.29, 1.82) is 0 Å². The lowest BCUT2D eigenvalue weighted by Gasteiger charge is -2.23. The number of aryl methyl sites for hydroxylation is 2. The molecule has 1 aliphatic carbocycles. The molecule has 1 fully saturated rings. The lowest BCUT2D eigenvalue weighted by molar-refractivity contribution is -0.463. The summed E-state index contributed by atoms with van der Waals surface area (Å²) in [5.41, 5.74) is 1.12. The Kier molecular flexibility index (Phi) is 6.36. The Morgan fingerprint density at radius 2 is 2.27 bits per heavy atom. The summed E-state index contributed by atoms with van der Waals surface area (Å²) in [6.45, 7) is 3.24. The maximum Gasteiger partial charge on any atom is 0.259 e. The van der Waals surface area contributed by atoms with Crippen LogP contribution in [0.5, 0.6) is 0 Å². The molecule has 7 nitrogen and oxygen atoms in total. The van der Waals surface area contributed by atoms with Gasteiger partial charge in [-0.2, -0.15) is 0 Å². The van der Waals surface area contributed by atoms with E-state index in [4.69, 9.17) is 0 Å². The summed E-state index contributed by atoms with van der Waals surface area (Å²) in [4.78, 5) is 19.0. The van der Waals surface area contributed by atoms with Gasteiger partial charge in [0.05, 0.1) is 6.33 Å². The highest BCUT2D eigenvalue weighted by molar-refractivity contribution is 5.83. The molecule has 1 saturated carbocycles. The van der Waals surface area contributed by atoms with Crippen LogP contribution in [0.2, 0.25) is 0 Å². The minimum Gasteiger partial charge on any atom is -0.366 e. The van der Waals surface area contributed by atoms with E-state index in [2.05, 4.69) is 19.9 Å². The van der Waals surface area contributed by atoms with Gasteiger partial charge in [0.2, 0.25) is 0 Å². The largest absolute Gasteiger partial charge is 0.366 e. The van der Waals surface area contributed by atoms with Crippen molar-refractivity contribution < 1.29 is 4.92 Å². The zero-order valence-corrected chi connectivity index (χ0v) is 13.2. The number of aliphatic imine (C=N–C) groups is 1. The Morgan fingerprint density at radius 3 is 2.91 bits per heavy atom. The minimum absolute atomic E-state index is 0.208. The zero-order chi connectivity index (χ0) is 15.8. The van der Waals surface area contributed by atoms with E-state index in [-0.39, 0.29) is 11.5 Å². The maximum atomic E-state index is 10.8. The van der Waals surface area contributed by atoms with Crippen LogP contribution >= 0.6 is 0 Å². The van der Waals surface area contributed by atoms with Crippen LogP contribution in [0.3, 0.4) is 0 Å². The van der Waals surface area contributed by atoms with Gasteiger partial charge in [0.1, 0.15) is 0 Å². The molecule has 1 aliphatic rings. The topological polar surface area (TPSA) is 85.3 Å². The van der Waals surface area contributed by atoms with Gasteiger partial charge in [-0.15, -0.1) is 0 Å². The van der Waals surface area contributed by atoms with Gasteiger partial charge in [-0.25, -0.2) is 4.98 Å². The molecule has 1 N–H and O–H groups in total. The fraction of sp³-hybridized carbons (Fsp3) is 0.733. The fourth-order valence-corrected chi connectivity index (χ4v) is 2.82. The van der Waals surface area contributed by atoms with Crippen LogP contribution in [-0.4, -0.2) is 39.4 Å². The second-order valence-electron chi connectivity index (χ2n) is 5.88. The number of nitrogens with zero attached hydrogens (tertiary/aromatic N) is 4. The zero-order valence-electron chi connectivity index (χ0n) is 13.2. The molecule has 0 aromatic carbocycles. The monoisotopic (exact) mass is 307 g/mol. The smallest absolute Gasteiger partial charge is 0.259 e. The average molecular weight is 307 g/mol. The fourth-order valence-electron chi connectivity index (χ4n) is 2.82. The summed E-state index contributed by atoms with van der Waals surface area (Å²) in [6, 6.07) is 0.350. The lowest BCUT2D eigenvalue weighted by atomic mass is 9.95. The molecule has 0 saturated heterocycles. The van der Waals surface area contributed by atoms with Gasteiger partial charge in [-0.1, -0.05) is 19.3 Å². The molecular formula is C15H25N5O2. The van der Waals surface area contributed by atoms with Gasteiger partial charge in [-0.05, 0) is 26.2 Å². The Labute approximate surface area is 131 Å². The van der Waals surface area contributed by atoms with Crippen molar-refractivity contribution in [3.8, 4) is 0 Å². The molecule has 0 radical (unpaired) electrons. The first-order valence-corrected chi connectivity index (χ1v) is 8.03. The summed E-state index contributed by atoms with van der Waals surface area (Å²) < 4.78 is 2.07. The number of hydrogen-bond donors (Lipinski definition) is 1. The van der Waals surface area contributed by atoms with Crippen molar-refractivity contribution >= 4 is 5.84 Å². The van der Waals surface area contributed by atoms with Crippen molar-refractivity contribution in [1.82, 2.24) is 14.9 Å². The Bertz CT molecular complexity index is 506. The molecule has 1 heterocycles. The quantitative estimate of drug-likeness (QED) is 0.275. The molecule has 1 aromatic heterocycles. The number of hydrogen-bond acceptors (Lipinski definition) is 4. The summed E-state index contributed by atoms with van der Waals surface area (Å²) in [6.07, 6.45) is 10.3. The summed E-state index contributed by atoms with van der Waals surface area (Å²) in [5.74, 6) is 0.527. The van der Waals surface area contributed by atoms with Gasteiger partial charge < -0.3 is 9.88 Å². The average Bonchev–Trinajstić information content (AvgIpc) is 2.89. The Balaban J connectivity index is 1.81. The third kappa shape index (κ3) is 5.46. The first-order chi connectivity index (χ1) is 10.6. The molecule has 0 spiro atoms. The Hall–Kier alpha value is -1.92. The molecule has 0 atom stereocenters. The third-order valence-corrected chi connectivity index (χ3v) is 4.04. The lowest BCUT2D eigenvalue weighted by Crippen LogP contribution is -2.39. The van der Waals surface area contributed by atoms with Crippen LogP contribution in [0.1, 0.15) is 44.2 Å². The second kappa shape index (κ2) is 8.51. The van der Waals surface area contributed by atoms with Crippen LogP contribution < -0.4 is 5.32 Å². The number of aromatic nitrogens is 2. The predicted molar refractivity (Wildman–Crippen MR) is 85.8 cm³/mol. The molecule has 1 aromatic rings. The molecular weight excluding hydrogens is 282 g/mol. The predicted octanol–water partition coefficient (Wildman–Crippen LogP) is 2.18. The summed E-state index contributed by atoms with van der Waals surface area (Å²) in [7, 11) is 0. The van der Waals surface area contributed by atoms with Crippen molar-refractivity contribution in [2.24, 2.45) is 4.99 Å². The van der Waals surface area contributed by atoms with E-state index < -0.39 is 0 Å². The van der Waals surface area contributed by atoms with Crippen LogP contribution in [0.15, 0.2) is 17.5 Å². The first kappa shape index (κ1) is 16.5. The summed E-state index contributed by atoms with van der Waals surface area (Å²) in [5, 5.41) is 14.1. The minimum atomic E-state index is -0.311. The van der Waals surface area contributed by atoms with Gasteiger partial charge in [0.15, 0.2) is 5.84 Å². The molecule has 0 aliphatic heterocycles. The first-order valence-electron chi connectivity index (χ1n) is 8.03. The number of imidazole rings is 1. The van der Waals surface area contributed by atoms with Crippen LogP contribution in [0.4, 0.5) is 0 Å². The van der Waals surface area contributed by atoms with E-state index in [0.29, 0.717) is 18.4 Å². The van der Waals surface area contributed by atoms with Gasteiger partial charge in [0, 0.05) is 35.9 Å². The summed E-state index contributed by atoms with van der Waals surface area (Å²) >= 11 is 0. The van der Waals surface area contributed by atoms with Crippen LogP contribution in [0, 0.1) is 17.0 Å². The molecule has 2 rings (SSSR count). The number of rotatable bonds is 7. The number of nitrogens with one attached hydrogen (secondary N) is 1. The van der Waals surface area contributed by atoms with E-state index in [0.717, 1.165) is 31.5 Å². The molecule has 122 valence electrons. The molecule has 7 heteroatoms. The maximum absolute atomic E-state index is 10.8. The molecule has 0 bridgehead atoms. The number of nitro groups is 1. The van der Waals surface area contributed by atoms with E-state index in [9.17, 15) is 10.1 Å². The molecule has 0 amide bonds. The Morgan fingerprint density at radius 1 is 1.50 bits per heavy atom.